The molecule has 1 unspecified atom stereocenters. The van der Waals surface area contributed by atoms with Crippen molar-refractivity contribution in [3.8, 4) is 22.5 Å². The zero-order chi connectivity index (χ0) is 22.6. The van der Waals surface area contributed by atoms with Crippen LogP contribution in [0.1, 0.15) is 46.1 Å². The molecular weight excluding hydrogens is 418 g/mol. The Kier molecular flexibility index (Phi) is 4.84. The summed E-state index contributed by atoms with van der Waals surface area (Å²) in [5, 5.41) is 13.7. The summed E-state index contributed by atoms with van der Waals surface area (Å²) in [6, 6.07) is 2.46. The second-order valence-corrected chi connectivity index (χ2v) is 9.56. The van der Waals surface area contributed by atoms with Crippen LogP contribution in [0.2, 0.25) is 0 Å². The van der Waals surface area contributed by atoms with Crippen LogP contribution in [0.4, 0.5) is 0 Å². The Morgan fingerprint density at radius 3 is 2.70 bits per heavy atom. The van der Waals surface area contributed by atoms with Gasteiger partial charge in [0.05, 0.1) is 60.9 Å². The molecule has 9 heteroatoms. The second kappa shape index (κ2) is 7.78. The fourth-order valence-electron chi connectivity index (χ4n) is 4.80. The minimum atomic E-state index is -0.539. The average Bonchev–Trinajstić information content (AvgIpc) is 3.20. The Labute approximate surface area is 192 Å². The molecule has 0 aromatic carbocycles. The van der Waals surface area contributed by atoms with E-state index in [-0.39, 0.29) is 6.10 Å². The van der Waals surface area contributed by atoms with E-state index in [1.54, 1.807) is 6.20 Å². The minimum absolute atomic E-state index is 0.0197. The number of hydrogen-bond acceptors (Lipinski definition) is 6. The third kappa shape index (κ3) is 3.95. The molecule has 2 aliphatic rings. The molecule has 0 bridgehead atoms. The standard InChI is InChI=1S/C24H29N7O2/c1-4-21(16-5-6-16)30-12-18(10-27-30)23-22-7-8-25-31(22)14-20(28-23)17-9-26-29(11-17)13-19-15-32-24(2,3)33-19/h7-12,14,16,19,21H,4-6,13,15H2,1-3H3/t19-,21?/m1/s1. The smallest absolute Gasteiger partial charge is 0.163 e. The number of fused-ring (bicyclic) bond motifs is 1. The van der Waals surface area contributed by atoms with E-state index in [0.717, 1.165) is 40.4 Å². The minimum Gasteiger partial charge on any atom is -0.348 e. The molecule has 4 aromatic rings. The molecule has 1 aliphatic heterocycles. The van der Waals surface area contributed by atoms with Crippen LogP contribution in [-0.4, -0.2) is 52.7 Å². The Morgan fingerprint density at radius 2 is 1.94 bits per heavy atom. The van der Waals surface area contributed by atoms with Gasteiger partial charge >= 0.3 is 0 Å². The number of ether oxygens (including phenoxy) is 2. The maximum absolute atomic E-state index is 5.92. The maximum Gasteiger partial charge on any atom is 0.163 e. The Bertz CT molecular complexity index is 1280. The molecule has 5 heterocycles. The third-order valence-electron chi connectivity index (χ3n) is 6.58. The fourth-order valence-corrected chi connectivity index (χ4v) is 4.80. The number of rotatable bonds is 7. The van der Waals surface area contributed by atoms with Crippen molar-refractivity contribution in [1.82, 2.24) is 34.2 Å². The molecule has 33 heavy (non-hydrogen) atoms. The maximum atomic E-state index is 5.92. The van der Waals surface area contributed by atoms with Crippen molar-refractivity contribution in [1.29, 1.82) is 0 Å². The molecule has 0 spiro atoms. The van der Waals surface area contributed by atoms with Crippen molar-refractivity contribution in [2.45, 2.75) is 64.5 Å². The lowest BCUT2D eigenvalue weighted by molar-refractivity contribution is -0.139. The average molecular weight is 448 g/mol. The largest absolute Gasteiger partial charge is 0.348 e. The van der Waals surface area contributed by atoms with Crippen LogP contribution < -0.4 is 0 Å². The number of aromatic nitrogens is 7. The van der Waals surface area contributed by atoms with Crippen LogP contribution >= 0.6 is 0 Å². The molecule has 0 N–H and O–H groups in total. The van der Waals surface area contributed by atoms with Crippen LogP contribution in [0.25, 0.3) is 28.0 Å². The number of hydrogen-bond donors (Lipinski definition) is 0. The normalized spacial score (nSPS) is 21.1. The summed E-state index contributed by atoms with van der Waals surface area (Å²) in [7, 11) is 0. The van der Waals surface area contributed by atoms with Gasteiger partial charge in [0.15, 0.2) is 5.79 Å². The lowest BCUT2D eigenvalue weighted by atomic mass is 10.1. The van der Waals surface area contributed by atoms with Gasteiger partial charge < -0.3 is 9.47 Å². The molecule has 2 fully saturated rings. The molecule has 0 radical (unpaired) electrons. The Balaban J connectivity index is 1.31. The second-order valence-electron chi connectivity index (χ2n) is 9.56. The molecule has 0 amide bonds. The van der Waals surface area contributed by atoms with Gasteiger partial charge in [-0.25, -0.2) is 9.50 Å². The van der Waals surface area contributed by atoms with E-state index in [0.29, 0.717) is 19.2 Å². The van der Waals surface area contributed by atoms with Crippen molar-refractivity contribution < 1.29 is 9.47 Å². The van der Waals surface area contributed by atoms with E-state index < -0.39 is 5.79 Å². The van der Waals surface area contributed by atoms with Gasteiger partial charge in [0.25, 0.3) is 0 Å². The van der Waals surface area contributed by atoms with Crippen molar-refractivity contribution in [2.24, 2.45) is 5.92 Å². The molecule has 1 saturated heterocycles. The fraction of sp³-hybridized carbons (Fsp3) is 0.500. The van der Waals surface area contributed by atoms with E-state index in [1.165, 1.54) is 12.8 Å². The van der Waals surface area contributed by atoms with Crippen molar-refractivity contribution in [3.63, 3.8) is 0 Å². The van der Waals surface area contributed by atoms with Crippen LogP contribution in [0.15, 0.2) is 43.2 Å². The molecule has 6 rings (SSSR count). The van der Waals surface area contributed by atoms with Gasteiger partial charge in [-0.3, -0.25) is 9.36 Å². The first-order valence-electron chi connectivity index (χ1n) is 11.7. The van der Waals surface area contributed by atoms with Crippen LogP contribution in [-0.2, 0) is 16.0 Å². The van der Waals surface area contributed by atoms with E-state index in [2.05, 4.69) is 28.0 Å². The predicted octanol–water partition coefficient (Wildman–Crippen LogP) is 3.97. The van der Waals surface area contributed by atoms with Crippen molar-refractivity contribution in [3.05, 3.63) is 43.2 Å². The van der Waals surface area contributed by atoms with Crippen molar-refractivity contribution >= 4 is 5.52 Å². The van der Waals surface area contributed by atoms with Crippen LogP contribution in [0, 0.1) is 5.92 Å². The van der Waals surface area contributed by atoms with Gasteiger partial charge in [-0.1, -0.05) is 6.92 Å². The highest BCUT2D eigenvalue weighted by atomic mass is 16.7. The predicted molar refractivity (Wildman–Crippen MR) is 122 cm³/mol. The summed E-state index contributed by atoms with van der Waals surface area (Å²) in [6.45, 7) is 7.30. The van der Waals surface area contributed by atoms with Gasteiger partial charge in [-0.2, -0.15) is 15.3 Å². The first-order valence-corrected chi connectivity index (χ1v) is 11.7. The summed E-state index contributed by atoms with van der Waals surface area (Å²) >= 11 is 0. The summed E-state index contributed by atoms with van der Waals surface area (Å²) in [5.41, 5.74) is 4.60. The molecule has 172 valence electrons. The summed E-state index contributed by atoms with van der Waals surface area (Å²) in [5.74, 6) is 0.214. The van der Waals surface area contributed by atoms with Gasteiger partial charge in [-0.15, -0.1) is 0 Å². The molecule has 9 nitrogen and oxygen atoms in total. The van der Waals surface area contributed by atoms with Crippen LogP contribution in [0.5, 0.6) is 0 Å². The summed E-state index contributed by atoms with van der Waals surface area (Å²) in [6.07, 6.45) is 15.3. The van der Waals surface area contributed by atoms with Gasteiger partial charge in [-0.05, 0) is 45.1 Å². The molecule has 1 aliphatic carbocycles. The number of nitrogens with zero attached hydrogens (tertiary/aromatic N) is 7. The third-order valence-corrected chi connectivity index (χ3v) is 6.58. The van der Waals surface area contributed by atoms with E-state index >= 15 is 0 Å². The SMILES string of the molecule is CCC(C1CC1)n1cc(-c2nc(-c3cnn(C[C@@H]4COC(C)(C)O4)c3)cn3nccc23)cn1. The van der Waals surface area contributed by atoms with E-state index in [1.807, 2.05) is 53.9 Å². The van der Waals surface area contributed by atoms with Gasteiger partial charge in [0, 0.05) is 23.5 Å². The highest BCUT2D eigenvalue weighted by Crippen LogP contribution is 2.41. The van der Waals surface area contributed by atoms with E-state index in [4.69, 9.17) is 19.6 Å². The monoisotopic (exact) mass is 447 g/mol. The topological polar surface area (TPSA) is 84.3 Å². The Morgan fingerprint density at radius 1 is 1.09 bits per heavy atom. The summed E-state index contributed by atoms with van der Waals surface area (Å²) in [4.78, 5) is 5.02. The van der Waals surface area contributed by atoms with Gasteiger partial charge in [0.2, 0.25) is 0 Å². The molecule has 4 aromatic heterocycles. The zero-order valence-electron chi connectivity index (χ0n) is 19.3. The van der Waals surface area contributed by atoms with Gasteiger partial charge in [0.1, 0.15) is 6.10 Å². The lowest BCUT2D eigenvalue weighted by Gasteiger charge is -2.16. The first-order chi connectivity index (χ1) is 16.0. The quantitative estimate of drug-likeness (QED) is 0.426. The molecule has 1 saturated carbocycles. The first kappa shape index (κ1) is 20.6. The van der Waals surface area contributed by atoms with Crippen LogP contribution in [0.3, 0.4) is 0 Å². The van der Waals surface area contributed by atoms with E-state index in [9.17, 15) is 0 Å². The highest BCUT2D eigenvalue weighted by Gasteiger charge is 2.33. The lowest BCUT2D eigenvalue weighted by Crippen LogP contribution is -2.24. The molecule has 2 atom stereocenters. The highest BCUT2D eigenvalue weighted by molar-refractivity contribution is 5.78. The Hall–Kier alpha value is -3.04. The zero-order valence-corrected chi connectivity index (χ0v) is 19.3. The van der Waals surface area contributed by atoms with Crippen molar-refractivity contribution in [2.75, 3.05) is 6.61 Å². The summed E-state index contributed by atoms with van der Waals surface area (Å²) < 4.78 is 17.5. The molecular formula is C24H29N7O2.